The number of hydrogen-bond acceptors (Lipinski definition) is 7. The van der Waals surface area contributed by atoms with Gasteiger partial charge in [0, 0.05) is 17.0 Å². The van der Waals surface area contributed by atoms with E-state index in [9.17, 15) is 9.59 Å². The molecule has 0 bridgehead atoms. The molecule has 0 unspecified atom stereocenters. The summed E-state index contributed by atoms with van der Waals surface area (Å²) in [5.74, 6) is 0.257. The van der Waals surface area contributed by atoms with Crippen LogP contribution in [0.15, 0.2) is 48.5 Å². The summed E-state index contributed by atoms with van der Waals surface area (Å²) in [6, 6.07) is 15.1. The van der Waals surface area contributed by atoms with E-state index in [4.69, 9.17) is 14.5 Å². The predicted molar refractivity (Wildman–Crippen MR) is 130 cm³/mol. The monoisotopic (exact) mass is 479 g/mol. The molecule has 2 aromatic carbocycles. The Bertz CT molecular complexity index is 1330. The van der Waals surface area contributed by atoms with Gasteiger partial charge in [0.2, 0.25) is 0 Å². The fourth-order valence-corrected chi connectivity index (χ4v) is 6.35. The summed E-state index contributed by atoms with van der Waals surface area (Å²) < 4.78 is 11.4. The van der Waals surface area contributed by atoms with E-state index < -0.39 is 0 Å². The number of methoxy groups -OCH3 is 2. The number of anilines is 1. The molecule has 2 amide bonds. The molecule has 33 heavy (non-hydrogen) atoms. The maximum atomic E-state index is 13.2. The second kappa shape index (κ2) is 8.84. The summed E-state index contributed by atoms with van der Waals surface area (Å²) in [5, 5.41) is 4.67. The van der Waals surface area contributed by atoms with E-state index in [0.717, 1.165) is 36.2 Å². The van der Waals surface area contributed by atoms with Crippen molar-refractivity contribution in [2.75, 3.05) is 26.1 Å². The minimum atomic E-state index is -0.352. The number of amides is 2. The lowest BCUT2D eigenvalue weighted by atomic mass is 10.0. The quantitative estimate of drug-likeness (QED) is 0.423. The Balaban J connectivity index is 1.58. The van der Waals surface area contributed by atoms with Crippen molar-refractivity contribution in [3.05, 3.63) is 64.5 Å². The highest BCUT2D eigenvalue weighted by molar-refractivity contribution is 7.23. The summed E-state index contributed by atoms with van der Waals surface area (Å²) in [6.45, 7) is 0.989. The van der Waals surface area contributed by atoms with Gasteiger partial charge in [-0.1, -0.05) is 24.3 Å². The first-order chi connectivity index (χ1) is 16.1. The number of nitrogens with one attached hydrogen (secondary N) is 1. The number of rotatable bonds is 4. The van der Waals surface area contributed by atoms with E-state index in [0.29, 0.717) is 30.8 Å². The van der Waals surface area contributed by atoms with Gasteiger partial charge < -0.3 is 19.7 Å². The van der Waals surface area contributed by atoms with Gasteiger partial charge in [-0.15, -0.1) is 22.7 Å². The zero-order chi connectivity index (χ0) is 22.9. The molecule has 168 valence electrons. The number of thiazole rings is 1. The van der Waals surface area contributed by atoms with Crippen molar-refractivity contribution in [3.8, 4) is 16.3 Å². The van der Waals surface area contributed by atoms with Crippen LogP contribution in [0.25, 0.3) is 20.8 Å². The molecular weight excluding hydrogens is 458 g/mol. The van der Waals surface area contributed by atoms with E-state index in [1.807, 2.05) is 30.3 Å². The topological polar surface area (TPSA) is 80.8 Å². The summed E-state index contributed by atoms with van der Waals surface area (Å²) in [5.41, 5.74) is 3.43. The van der Waals surface area contributed by atoms with Crippen molar-refractivity contribution in [1.29, 1.82) is 0 Å². The molecule has 4 aromatic rings. The van der Waals surface area contributed by atoms with Gasteiger partial charge in [0.05, 0.1) is 36.5 Å². The van der Waals surface area contributed by atoms with Crippen molar-refractivity contribution in [3.63, 3.8) is 0 Å². The van der Waals surface area contributed by atoms with Gasteiger partial charge >= 0.3 is 6.09 Å². The van der Waals surface area contributed by atoms with Crippen molar-refractivity contribution >= 4 is 49.9 Å². The molecular formula is C24H21N3O4S2. The largest absolute Gasteiger partial charge is 0.496 e. The minimum absolute atomic E-state index is 0.252. The van der Waals surface area contributed by atoms with Crippen LogP contribution < -0.4 is 10.1 Å². The van der Waals surface area contributed by atoms with Crippen molar-refractivity contribution in [2.45, 2.75) is 13.0 Å². The van der Waals surface area contributed by atoms with Crippen LogP contribution in [0.1, 0.15) is 20.8 Å². The van der Waals surface area contributed by atoms with Crippen molar-refractivity contribution in [2.24, 2.45) is 0 Å². The Morgan fingerprint density at radius 1 is 1.06 bits per heavy atom. The maximum Gasteiger partial charge on any atom is 0.409 e. The maximum absolute atomic E-state index is 13.2. The molecule has 1 N–H and O–H groups in total. The number of benzene rings is 2. The normalized spacial score (nSPS) is 13.0. The van der Waals surface area contributed by atoms with Gasteiger partial charge in [-0.05, 0) is 36.2 Å². The van der Waals surface area contributed by atoms with Crippen LogP contribution in [-0.2, 0) is 17.7 Å². The van der Waals surface area contributed by atoms with Crippen LogP contribution in [0.2, 0.25) is 0 Å². The molecule has 0 radical (unpaired) electrons. The fraction of sp³-hybridized carbons (Fsp3) is 0.208. The third-order valence-electron chi connectivity index (χ3n) is 5.58. The number of aromatic nitrogens is 1. The van der Waals surface area contributed by atoms with Crippen LogP contribution in [0.4, 0.5) is 9.80 Å². The minimum Gasteiger partial charge on any atom is -0.496 e. The summed E-state index contributed by atoms with van der Waals surface area (Å²) >= 11 is 3.08. The molecule has 9 heteroatoms. The molecule has 0 aliphatic carbocycles. The summed E-state index contributed by atoms with van der Waals surface area (Å²) in [6.07, 6.45) is 0.312. The van der Waals surface area contributed by atoms with Crippen LogP contribution in [0.3, 0.4) is 0 Å². The lowest BCUT2D eigenvalue weighted by Crippen LogP contribution is -2.35. The highest BCUT2D eigenvalue weighted by Gasteiger charge is 2.30. The number of fused-ring (bicyclic) bond motifs is 2. The standard InChI is InChI=1S/C24H21N3O4S2/c1-30-17-9-5-3-7-14(17)21(28)26-23-20(22-25-16-8-4-6-10-18(16)32-22)15-11-12-27(24(29)31-2)13-19(15)33-23/h3-10H,11-13H2,1-2H3,(H,26,28). The molecule has 0 fully saturated rings. The Labute approximate surface area is 198 Å². The first kappa shape index (κ1) is 21.4. The van der Waals surface area contributed by atoms with Gasteiger partial charge in [0.15, 0.2) is 0 Å². The zero-order valence-corrected chi connectivity index (χ0v) is 19.7. The number of para-hydroxylation sites is 2. The molecule has 3 heterocycles. The summed E-state index contributed by atoms with van der Waals surface area (Å²) in [4.78, 5) is 32.8. The fourth-order valence-electron chi connectivity index (χ4n) is 3.98. The number of nitrogens with zero attached hydrogens (tertiary/aromatic N) is 2. The second-order valence-electron chi connectivity index (χ2n) is 7.49. The van der Waals surface area contributed by atoms with Gasteiger partial charge in [-0.25, -0.2) is 9.78 Å². The molecule has 0 spiro atoms. The van der Waals surface area contributed by atoms with E-state index >= 15 is 0 Å². The van der Waals surface area contributed by atoms with Crippen LogP contribution >= 0.6 is 22.7 Å². The van der Waals surface area contributed by atoms with Crippen LogP contribution in [0.5, 0.6) is 5.75 Å². The molecule has 2 aromatic heterocycles. The molecule has 0 saturated heterocycles. The van der Waals surface area contributed by atoms with Crippen LogP contribution in [0, 0.1) is 0 Å². The van der Waals surface area contributed by atoms with E-state index in [1.165, 1.54) is 18.4 Å². The third kappa shape index (κ3) is 3.94. The highest BCUT2D eigenvalue weighted by Crippen LogP contribution is 2.46. The average Bonchev–Trinajstić information content (AvgIpc) is 3.43. The Morgan fingerprint density at radius 3 is 2.64 bits per heavy atom. The first-order valence-corrected chi connectivity index (χ1v) is 12.0. The van der Waals surface area contributed by atoms with Crippen molar-refractivity contribution in [1.82, 2.24) is 9.88 Å². The van der Waals surface area contributed by atoms with Gasteiger partial charge in [-0.3, -0.25) is 4.79 Å². The van der Waals surface area contributed by atoms with Crippen LogP contribution in [-0.4, -0.2) is 42.6 Å². The first-order valence-electron chi connectivity index (χ1n) is 10.4. The van der Waals surface area contributed by atoms with Crippen molar-refractivity contribution < 1.29 is 19.1 Å². The van der Waals surface area contributed by atoms with E-state index in [-0.39, 0.29) is 12.0 Å². The second-order valence-corrected chi connectivity index (χ2v) is 9.63. The van der Waals surface area contributed by atoms with Gasteiger partial charge in [-0.2, -0.15) is 0 Å². The number of carbonyl (C=O) groups is 2. The molecule has 1 aliphatic rings. The van der Waals surface area contributed by atoms with E-state index in [2.05, 4.69) is 5.32 Å². The van der Waals surface area contributed by atoms with Gasteiger partial charge in [0.25, 0.3) is 5.91 Å². The smallest absolute Gasteiger partial charge is 0.409 e. The third-order valence-corrected chi connectivity index (χ3v) is 7.76. The SMILES string of the molecule is COC(=O)N1CCc2c(sc(NC(=O)c3ccccc3OC)c2-c2nc3ccccc3s2)C1. The number of carbonyl (C=O) groups excluding carboxylic acids is 2. The van der Waals surface area contributed by atoms with Gasteiger partial charge in [0.1, 0.15) is 15.8 Å². The Hall–Kier alpha value is -3.43. The highest BCUT2D eigenvalue weighted by atomic mass is 32.1. The predicted octanol–water partition coefficient (Wildman–Crippen LogP) is 5.41. The Morgan fingerprint density at radius 2 is 1.85 bits per heavy atom. The molecule has 7 nitrogen and oxygen atoms in total. The van der Waals surface area contributed by atoms with E-state index in [1.54, 1.807) is 41.5 Å². The Kier molecular flexibility index (Phi) is 5.74. The molecule has 1 aliphatic heterocycles. The number of hydrogen-bond donors (Lipinski definition) is 1. The number of ether oxygens (including phenoxy) is 2. The lowest BCUT2D eigenvalue weighted by Gasteiger charge is -2.25. The number of thiophene rings is 1. The lowest BCUT2D eigenvalue weighted by molar-refractivity contribution is 0.102. The molecule has 5 rings (SSSR count). The molecule has 0 atom stereocenters. The molecule has 0 saturated carbocycles. The zero-order valence-electron chi connectivity index (χ0n) is 18.1. The average molecular weight is 480 g/mol. The summed E-state index contributed by atoms with van der Waals surface area (Å²) in [7, 11) is 2.93.